The number of benzene rings is 1. The number of hydrogen-bond donors (Lipinski definition) is 0. The van der Waals surface area contributed by atoms with Gasteiger partial charge in [0, 0.05) is 28.9 Å². The maximum atomic E-state index is 12.0. The lowest BCUT2D eigenvalue weighted by molar-refractivity contribution is -0.117. The van der Waals surface area contributed by atoms with Crippen LogP contribution in [-0.4, -0.2) is 19.0 Å². The first-order valence-corrected chi connectivity index (χ1v) is 7.04. The molecule has 8 heteroatoms. The van der Waals surface area contributed by atoms with Gasteiger partial charge in [0.05, 0.1) is 15.7 Å². The summed E-state index contributed by atoms with van der Waals surface area (Å²) < 4.78 is 0.681. The van der Waals surface area contributed by atoms with Gasteiger partial charge in [0.25, 0.3) is 0 Å². The zero-order chi connectivity index (χ0) is 14.0. The summed E-state index contributed by atoms with van der Waals surface area (Å²) in [5.74, 6) is -0.0275. The SMILES string of the molecule is [N-]=[N+]=NCC1CC(=O)N(c2ccc(Br)c(Cl)c2Cl)C1. The van der Waals surface area contributed by atoms with Gasteiger partial charge in [0.15, 0.2) is 0 Å². The summed E-state index contributed by atoms with van der Waals surface area (Å²) in [7, 11) is 0. The number of azide groups is 1. The van der Waals surface area contributed by atoms with Crippen molar-refractivity contribution in [1.82, 2.24) is 0 Å². The van der Waals surface area contributed by atoms with Crippen LogP contribution in [0.25, 0.3) is 10.4 Å². The Morgan fingerprint density at radius 2 is 2.21 bits per heavy atom. The summed E-state index contributed by atoms with van der Waals surface area (Å²) >= 11 is 15.5. The Kier molecular flexibility index (Phi) is 4.58. The van der Waals surface area contributed by atoms with Gasteiger partial charge in [-0.3, -0.25) is 4.79 Å². The molecule has 1 atom stereocenters. The van der Waals surface area contributed by atoms with E-state index in [2.05, 4.69) is 26.0 Å². The Morgan fingerprint density at radius 1 is 1.47 bits per heavy atom. The molecular weight excluding hydrogens is 355 g/mol. The molecule has 1 amide bonds. The number of carbonyl (C=O) groups excluding carboxylic acids is 1. The minimum absolute atomic E-state index is 0.0156. The zero-order valence-electron chi connectivity index (χ0n) is 9.68. The van der Waals surface area contributed by atoms with Gasteiger partial charge in [0.1, 0.15) is 0 Å². The van der Waals surface area contributed by atoms with Crippen LogP contribution in [0.4, 0.5) is 5.69 Å². The van der Waals surface area contributed by atoms with Crippen LogP contribution in [0, 0.1) is 5.92 Å². The highest BCUT2D eigenvalue weighted by atomic mass is 79.9. The van der Waals surface area contributed by atoms with Crippen molar-refractivity contribution in [3.63, 3.8) is 0 Å². The molecule has 1 fully saturated rings. The lowest BCUT2D eigenvalue weighted by Gasteiger charge is -2.19. The van der Waals surface area contributed by atoms with E-state index in [9.17, 15) is 4.79 Å². The predicted molar refractivity (Wildman–Crippen MR) is 78.6 cm³/mol. The minimum Gasteiger partial charge on any atom is -0.311 e. The van der Waals surface area contributed by atoms with E-state index in [-0.39, 0.29) is 11.8 Å². The average molecular weight is 364 g/mol. The maximum Gasteiger partial charge on any atom is 0.227 e. The normalized spacial score (nSPS) is 18.6. The molecule has 0 bridgehead atoms. The van der Waals surface area contributed by atoms with Crippen LogP contribution < -0.4 is 4.90 Å². The molecule has 2 rings (SSSR count). The fourth-order valence-electron chi connectivity index (χ4n) is 2.01. The quantitative estimate of drug-likeness (QED) is 0.339. The van der Waals surface area contributed by atoms with Crippen molar-refractivity contribution in [1.29, 1.82) is 0 Å². The van der Waals surface area contributed by atoms with Gasteiger partial charge in [-0.2, -0.15) is 0 Å². The molecule has 0 radical (unpaired) electrons. The number of anilines is 1. The van der Waals surface area contributed by atoms with Crippen LogP contribution in [0.1, 0.15) is 6.42 Å². The third-order valence-corrected chi connectivity index (χ3v) is 4.67. The number of hydrogen-bond acceptors (Lipinski definition) is 2. The summed E-state index contributed by atoms with van der Waals surface area (Å²) in [6, 6.07) is 3.49. The van der Waals surface area contributed by atoms with E-state index in [1.54, 1.807) is 17.0 Å². The molecule has 0 spiro atoms. The number of rotatable bonds is 3. The largest absolute Gasteiger partial charge is 0.311 e. The van der Waals surface area contributed by atoms with E-state index >= 15 is 0 Å². The fourth-order valence-corrected chi connectivity index (χ4v) is 2.88. The van der Waals surface area contributed by atoms with Crippen LogP contribution in [0.15, 0.2) is 21.7 Å². The topological polar surface area (TPSA) is 69.1 Å². The molecule has 0 aliphatic carbocycles. The predicted octanol–water partition coefficient (Wildman–Crippen LogP) is 4.42. The average Bonchev–Trinajstić information content (AvgIpc) is 2.75. The lowest BCUT2D eigenvalue weighted by atomic mass is 10.1. The molecule has 1 aliphatic heterocycles. The van der Waals surface area contributed by atoms with Gasteiger partial charge >= 0.3 is 0 Å². The lowest BCUT2D eigenvalue weighted by Crippen LogP contribution is -2.25. The third kappa shape index (κ3) is 2.98. The molecule has 0 saturated carbocycles. The van der Waals surface area contributed by atoms with E-state index in [0.717, 1.165) is 0 Å². The van der Waals surface area contributed by atoms with Gasteiger partial charge in [0.2, 0.25) is 5.91 Å². The van der Waals surface area contributed by atoms with Gasteiger partial charge < -0.3 is 4.90 Å². The first-order valence-electron chi connectivity index (χ1n) is 5.49. The van der Waals surface area contributed by atoms with E-state index < -0.39 is 0 Å². The number of halogens is 3. The van der Waals surface area contributed by atoms with E-state index in [1.807, 2.05) is 0 Å². The van der Waals surface area contributed by atoms with Gasteiger partial charge in [-0.05, 0) is 39.5 Å². The standard InChI is InChI=1S/C11H9BrCl2N4O/c12-7-1-2-8(11(14)10(7)13)18-5-6(3-9(18)19)4-16-17-15/h1-2,6H,3-5H2. The molecule has 19 heavy (non-hydrogen) atoms. The summed E-state index contributed by atoms with van der Waals surface area (Å²) in [4.78, 5) is 16.3. The number of nitrogens with zero attached hydrogens (tertiary/aromatic N) is 4. The van der Waals surface area contributed by atoms with Crippen molar-refractivity contribution in [2.45, 2.75) is 6.42 Å². The van der Waals surface area contributed by atoms with E-state index in [0.29, 0.717) is 39.7 Å². The van der Waals surface area contributed by atoms with Crippen LogP contribution in [0.2, 0.25) is 10.0 Å². The monoisotopic (exact) mass is 362 g/mol. The zero-order valence-corrected chi connectivity index (χ0v) is 12.8. The van der Waals surface area contributed by atoms with Crippen molar-refractivity contribution >= 4 is 50.7 Å². The van der Waals surface area contributed by atoms with E-state index in [1.165, 1.54) is 0 Å². The highest BCUT2D eigenvalue weighted by molar-refractivity contribution is 9.10. The Bertz CT molecular complexity index is 574. The van der Waals surface area contributed by atoms with Crippen molar-refractivity contribution < 1.29 is 4.79 Å². The second-order valence-electron chi connectivity index (χ2n) is 4.18. The van der Waals surface area contributed by atoms with Crippen molar-refractivity contribution in [3.8, 4) is 0 Å². The van der Waals surface area contributed by atoms with Crippen molar-refractivity contribution in [2.24, 2.45) is 11.0 Å². The maximum absolute atomic E-state index is 12.0. The Balaban J connectivity index is 2.26. The molecule has 100 valence electrons. The molecule has 1 saturated heterocycles. The molecule has 0 aromatic heterocycles. The highest BCUT2D eigenvalue weighted by Gasteiger charge is 2.31. The van der Waals surface area contributed by atoms with Crippen LogP contribution >= 0.6 is 39.1 Å². The first kappa shape index (κ1) is 14.5. The Morgan fingerprint density at radius 3 is 2.89 bits per heavy atom. The van der Waals surface area contributed by atoms with Crippen molar-refractivity contribution in [3.05, 3.63) is 37.1 Å². The Labute approximate surface area is 128 Å². The van der Waals surface area contributed by atoms with Gasteiger partial charge in [-0.15, -0.1) is 0 Å². The molecule has 0 N–H and O–H groups in total. The summed E-state index contributed by atoms with van der Waals surface area (Å²) in [6.45, 7) is 0.788. The van der Waals surface area contributed by atoms with Crippen LogP contribution in [0.3, 0.4) is 0 Å². The second kappa shape index (κ2) is 6.01. The molecule has 1 aromatic rings. The molecular formula is C11H9BrCl2N4O. The molecule has 1 aromatic carbocycles. The van der Waals surface area contributed by atoms with Gasteiger partial charge in [-0.1, -0.05) is 28.3 Å². The third-order valence-electron chi connectivity index (χ3n) is 2.91. The van der Waals surface area contributed by atoms with Crippen LogP contribution in [0.5, 0.6) is 0 Å². The van der Waals surface area contributed by atoms with Crippen LogP contribution in [-0.2, 0) is 4.79 Å². The number of carbonyl (C=O) groups is 1. The summed E-state index contributed by atoms with van der Waals surface area (Å²) in [5, 5.41) is 4.23. The van der Waals surface area contributed by atoms with Gasteiger partial charge in [-0.25, -0.2) is 0 Å². The summed E-state index contributed by atoms with van der Waals surface area (Å²) in [5.41, 5.74) is 8.89. The number of amides is 1. The van der Waals surface area contributed by atoms with E-state index in [4.69, 9.17) is 28.7 Å². The summed E-state index contributed by atoms with van der Waals surface area (Å²) in [6.07, 6.45) is 0.350. The Hall–Kier alpha value is -0.940. The molecule has 5 nitrogen and oxygen atoms in total. The minimum atomic E-state index is -0.0431. The first-order chi connectivity index (χ1) is 9.04. The molecule has 1 aliphatic rings. The highest BCUT2D eigenvalue weighted by Crippen LogP contribution is 2.39. The smallest absolute Gasteiger partial charge is 0.227 e. The second-order valence-corrected chi connectivity index (χ2v) is 5.79. The fraction of sp³-hybridized carbons (Fsp3) is 0.364. The molecule has 1 unspecified atom stereocenters. The van der Waals surface area contributed by atoms with Crippen molar-refractivity contribution in [2.75, 3.05) is 18.0 Å². The molecule has 1 heterocycles.